The molecule has 3 aromatic carbocycles. The van der Waals surface area contributed by atoms with Gasteiger partial charge in [-0.25, -0.2) is 0 Å². The van der Waals surface area contributed by atoms with Crippen LogP contribution in [-0.2, 0) is 23.2 Å². The average Bonchev–Trinajstić information content (AvgIpc) is 3.33. The lowest BCUT2D eigenvalue weighted by Crippen LogP contribution is -2.38. The molecule has 0 bridgehead atoms. The Bertz CT molecular complexity index is 1480. The summed E-state index contributed by atoms with van der Waals surface area (Å²) < 4.78 is 24.7. The second-order valence-corrected chi connectivity index (χ2v) is 11.7. The summed E-state index contributed by atoms with van der Waals surface area (Å²) in [6, 6.07) is 22.2. The first-order chi connectivity index (χ1) is 20.2. The van der Waals surface area contributed by atoms with Crippen molar-refractivity contribution >= 4 is 53.0 Å². The SMILES string of the molecule is CCOP(=O)(OCC)c1ccc2c(c1)/C(=C(/Nc1ccc(N(C)C(=O)CN(CC)CC)cc1)c1ccccc1)C(=O)N2. The summed E-state index contributed by atoms with van der Waals surface area (Å²) in [5.41, 5.74) is 4.51. The fourth-order valence-electron chi connectivity index (χ4n) is 4.79. The highest BCUT2D eigenvalue weighted by molar-refractivity contribution is 7.62. The Kier molecular flexibility index (Phi) is 10.4. The van der Waals surface area contributed by atoms with Gasteiger partial charge in [0.25, 0.3) is 5.91 Å². The molecule has 0 unspecified atom stereocenters. The van der Waals surface area contributed by atoms with Crippen LogP contribution < -0.4 is 20.8 Å². The van der Waals surface area contributed by atoms with Crippen LogP contribution in [0.3, 0.4) is 0 Å². The van der Waals surface area contributed by atoms with Gasteiger partial charge in [-0.1, -0.05) is 44.2 Å². The van der Waals surface area contributed by atoms with Crippen molar-refractivity contribution in [3.63, 3.8) is 0 Å². The second-order valence-electron chi connectivity index (χ2n) is 9.72. The van der Waals surface area contributed by atoms with Crippen molar-refractivity contribution in [3.05, 3.63) is 83.9 Å². The van der Waals surface area contributed by atoms with Gasteiger partial charge < -0.3 is 24.6 Å². The lowest BCUT2D eigenvalue weighted by atomic mass is 10.00. The molecule has 0 aromatic heterocycles. The van der Waals surface area contributed by atoms with Crippen LogP contribution in [0, 0.1) is 0 Å². The maximum atomic E-state index is 13.5. The van der Waals surface area contributed by atoms with E-state index < -0.39 is 7.60 Å². The minimum absolute atomic E-state index is 0.0120. The molecular formula is C32H39N4O5P. The van der Waals surface area contributed by atoms with E-state index in [2.05, 4.69) is 15.5 Å². The lowest BCUT2D eigenvalue weighted by molar-refractivity contribution is -0.119. The molecule has 0 radical (unpaired) electrons. The standard InChI is InChI=1S/C32H39N4O5P/c1-6-36(7-2)22-29(37)35(5)25-17-15-24(16-18-25)33-31(23-13-11-10-12-14-23)30-27-21-26(19-20-28(27)34-32(30)38)42(39,40-8-3)41-9-4/h10-21,33H,6-9,22H2,1-5H3,(H,34,38)/b31-30-. The number of nitrogens with zero attached hydrogens (tertiary/aromatic N) is 2. The Morgan fingerprint density at radius 2 is 1.55 bits per heavy atom. The molecule has 4 rings (SSSR count). The van der Waals surface area contributed by atoms with Crippen LogP contribution in [-0.4, -0.2) is 56.6 Å². The average molecular weight is 591 g/mol. The van der Waals surface area contributed by atoms with Crippen LogP contribution in [0.5, 0.6) is 0 Å². The Morgan fingerprint density at radius 3 is 2.14 bits per heavy atom. The van der Waals surface area contributed by atoms with Gasteiger partial charge in [0.15, 0.2) is 0 Å². The number of hydrogen-bond acceptors (Lipinski definition) is 7. The molecule has 0 saturated heterocycles. The zero-order valence-electron chi connectivity index (χ0n) is 24.8. The number of hydrogen-bond donors (Lipinski definition) is 2. The molecule has 10 heteroatoms. The number of fused-ring (bicyclic) bond motifs is 1. The number of benzene rings is 3. The van der Waals surface area contributed by atoms with E-state index in [1.54, 1.807) is 44.0 Å². The predicted octanol–water partition coefficient (Wildman–Crippen LogP) is 5.82. The highest BCUT2D eigenvalue weighted by atomic mass is 31.2. The monoisotopic (exact) mass is 590 g/mol. The summed E-state index contributed by atoms with van der Waals surface area (Å²) in [4.78, 5) is 29.9. The summed E-state index contributed by atoms with van der Waals surface area (Å²) in [7, 11) is -1.80. The second kappa shape index (κ2) is 13.9. The third-order valence-electron chi connectivity index (χ3n) is 7.13. The van der Waals surface area contributed by atoms with E-state index in [1.165, 1.54) is 0 Å². The van der Waals surface area contributed by atoms with Crippen molar-refractivity contribution in [2.24, 2.45) is 0 Å². The molecule has 3 aromatic rings. The van der Waals surface area contributed by atoms with Crippen molar-refractivity contribution in [2.75, 3.05) is 55.4 Å². The van der Waals surface area contributed by atoms with E-state index >= 15 is 0 Å². The molecule has 1 aliphatic heterocycles. The maximum absolute atomic E-state index is 13.5. The summed E-state index contributed by atoms with van der Waals surface area (Å²) in [5, 5.41) is 6.75. The van der Waals surface area contributed by atoms with E-state index in [-0.39, 0.29) is 25.0 Å². The first kappa shape index (κ1) is 31.2. The molecule has 42 heavy (non-hydrogen) atoms. The number of amides is 2. The zero-order chi connectivity index (χ0) is 30.3. The van der Waals surface area contributed by atoms with Gasteiger partial charge in [-0.2, -0.15) is 0 Å². The van der Waals surface area contributed by atoms with Crippen molar-refractivity contribution < 1.29 is 23.2 Å². The van der Waals surface area contributed by atoms with Crippen LogP contribution >= 0.6 is 7.60 Å². The van der Waals surface area contributed by atoms with Crippen LogP contribution in [0.2, 0.25) is 0 Å². The highest BCUT2D eigenvalue weighted by Crippen LogP contribution is 2.48. The van der Waals surface area contributed by atoms with E-state index in [9.17, 15) is 14.2 Å². The van der Waals surface area contributed by atoms with Gasteiger partial charge in [0.2, 0.25) is 5.91 Å². The lowest BCUT2D eigenvalue weighted by Gasteiger charge is -2.23. The number of carbonyl (C=O) groups is 2. The van der Waals surface area contributed by atoms with E-state index in [0.717, 1.165) is 30.0 Å². The Balaban J connectivity index is 1.72. The van der Waals surface area contributed by atoms with E-state index in [1.807, 2.05) is 68.4 Å². The first-order valence-corrected chi connectivity index (χ1v) is 15.8. The summed E-state index contributed by atoms with van der Waals surface area (Å²) in [6.45, 7) is 10.0. The van der Waals surface area contributed by atoms with Gasteiger partial charge >= 0.3 is 7.60 Å². The number of likely N-dealkylation sites (N-methyl/N-ethyl adjacent to an activating group) is 2. The van der Waals surface area contributed by atoms with Crippen molar-refractivity contribution in [1.82, 2.24) is 4.90 Å². The predicted molar refractivity (Wildman–Crippen MR) is 170 cm³/mol. The molecule has 1 aliphatic rings. The quantitative estimate of drug-likeness (QED) is 0.191. The topological polar surface area (TPSA) is 100 Å². The number of rotatable bonds is 13. The molecular weight excluding hydrogens is 551 g/mol. The fraction of sp³-hybridized carbons (Fsp3) is 0.312. The van der Waals surface area contributed by atoms with Crippen LogP contribution in [0.15, 0.2) is 72.8 Å². The third kappa shape index (κ3) is 6.82. The van der Waals surface area contributed by atoms with E-state index in [0.29, 0.717) is 34.4 Å². The van der Waals surface area contributed by atoms with Gasteiger partial charge in [-0.15, -0.1) is 0 Å². The highest BCUT2D eigenvalue weighted by Gasteiger charge is 2.33. The van der Waals surface area contributed by atoms with Gasteiger partial charge in [0, 0.05) is 29.7 Å². The number of carbonyl (C=O) groups excluding carboxylic acids is 2. The summed E-state index contributed by atoms with van der Waals surface area (Å²) >= 11 is 0. The smallest absolute Gasteiger partial charge is 0.354 e. The van der Waals surface area contributed by atoms with Crippen molar-refractivity contribution in [3.8, 4) is 0 Å². The molecule has 2 amide bonds. The molecule has 0 fully saturated rings. The van der Waals surface area contributed by atoms with Gasteiger partial charge in [-0.3, -0.25) is 19.1 Å². The largest absolute Gasteiger partial charge is 0.361 e. The molecule has 0 atom stereocenters. The fourth-order valence-corrected chi connectivity index (χ4v) is 6.38. The molecule has 1 heterocycles. The Hall–Kier alpha value is -3.75. The minimum atomic E-state index is -3.57. The zero-order valence-corrected chi connectivity index (χ0v) is 25.7. The number of nitrogens with one attached hydrogen (secondary N) is 2. The normalized spacial score (nSPS) is 14.0. The molecule has 0 aliphatic carbocycles. The van der Waals surface area contributed by atoms with Gasteiger partial charge in [0.1, 0.15) is 0 Å². The third-order valence-corrected chi connectivity index (χ3v) is 9.23. The van der Waals surface area contributed by atoms with Crippen molar-refractivity contribution in [2.45, 2.75) is 27.7 Å². The molecule has 2 N–H and O–H groups in total. The Morgan fingerprint density at radius 1 is 0.905 bits per heavy atom. The van der Waals surface area contributed by atoms with Gasteiger partial charge in [0.05, 0.1) is 36.3 Å². The Labute approximate surface area is 248 Å². The first-order valence-electron chi connectivity index (χ1n) is 14.3. The summed E-state index contributed by atoms with van der Waals surface area (Å²) in [6.07, 6.45) is 0. The van der Waals surface area contributed by atoms with Crippen LogP contribution in [0.1, 0.15) is 38.8 Å². The minimum Gasteiger partial charge on any atom is -0.354 e. The number of anilines is 3. The van der Waals surface area contributed by atoms with Gasteiger partial charge in [-0.05, 0) is 75.0 Å². The molecule has 9 nitrogen and oxygen atoms in total. The van der Waals surface area contributed by atoms with E-state index in [4.69, 9.17) is 9.05 Å². The van der Waals surface area contributed by atoms with Crippen LogP contribution in [0.25, 0.3) is 11.3 Å². The molecule has 0 spiro atoms. The van der Waals surface area contributed by atoms with Crippen molar-refractivity contribution in [1.29, 1.82) is 0 Å². The molecule has 222 valence electrons. The maximum Gasteiger partial charge on any atom is 0.361 e. The van der Waals surface area contributed by atoms with Crippen LogP contribution in [0.4, 0.5) is 17.1 Å². The summed E-state index contributed by atoms with van der Waals surface area (Å²) in [5.74, 6) is -0.271. The molecule has 0 saturated carbocycles.